The Bertz CT molecular complexity index is 716. The van der Waals surface area contributed by atoms with Crippen LogP contribution in [0.15, 0.2) is 41.1 Å². The number of carbonyl (C=O) groups excluding carboxylic acids is 1. The predicted molar refractivity (Wildman–Crippen MR) is 91.5 cm³/mol. The Balaban J connectivity index is 1.74. The Morgan fingerprint density at radius 3 is 2.68 bits per heavy atom. The Morgan fingerprint density at radius 1 is 1.36 bits per heavy atom. The first-order chi connectivity index (χ1) is 12.0. The summed E-state index contributed by atoms with van der Waals surface area (Å²) < 4.78 is 11.0. The molecule has 0 saturated heterocycles. The van der Waals surface area contributed by atoms with Crippen molar-refractivity contribution in [3.05, 3.63) is 48.2 Å². The Morgan fingerprint density at radius 2 is 2.08 bits per heavy atom. The molecule has 134 valence electrons. The molecule has 2 aromatic rings. The lowest BCUT2D eigenvalue weighted by molar-refractivity contribution is 0.0210. The molecule has 7 nitrogen and oxygen atoms in total. The fraction of sp³-hybridized carbons (Fsp3) is 0.444. The number of rotatable bonds is 5. The third-order valence-corrected chi connectivity index (χ3v) is 4.53. The summed E-state index contributed by atoms with van der Waals surface area (Å²) in [6, 6.07) is 8.85. The number of hydrogen-bond donors (Lipinski definition) is 2. The van der Waals surface area contributed by atoms with Crippen LogP contribution >= 0.6 is 0 Å². The van der Waals surface area contributed by atoms with Crippen molar-refractivity contribution in [2.45, 2.75) is 37.6 Å². The van der Waals surface area contributed by atoms with Crippen molar-refractivity contribution in [2.24, 2.45) is 0 Å². The third-order valence-electron chi connectivity index (χ3n) is 4.53. The number of nitrogens with zero attached hydrogens (tertiary/aromatic N) is 2. The number of hydrogen-bond acceptors (Lipinski definition) is 6. The molecule has 4 atom stereocenters. The van der Waals surface area contributed by atoms with Crippen LogP contribution in [-0.4, -0.2) is 59.3 Å². The number of carbonyl (C=O) groups is 1. The van der Waals surface area contributed by atoms with E-state index >= 15 is 0 Å². The fourth-order valence-electron chi connectivity index (χ4n) is 3.35. The zero-order chi connectivity index (χ0) is 18.0. The molecule has 0 unspecified atom stereocenters. The minimum Gasteiger partial charge on any atom is -0.488 e. The Kier molecular flexibility index (Phi) is 5.06. The first-order valence-corrected chi connectivity index (χ1v) is 8.24. The molecule has 7 heteroatoms. The van der Waals surface area contributed by atoms with Crippen LogP contribution in [0, 0.1) is 6.92 Å². The van der Waals surface area contributed by atoms with E-state index in [2.05, 4.69) is 10.3 Å². The van der Waals surface area contributed by atoms with Gasteiger partial charge in [0.25, 0.3) is 5.91 Å². The second-order valence-corrected chi connectivity index (χ2v) is 6.49. The molecule has 0 aliphatic heterocycles. The molecule has 1 fully saturated rings. The summed E-state index contributed by atoms with van der Waals surface area (Å²) in [5, 5.41) is 13.7. The summed E-state index contributed by atoms with van der Waals surface area (Å²) in [5.74, 6) is 0.855. The molecule has 1 amide bonds. The maximum Gasteiger partial charge on any atom is 0.273 e. The average molecular weight is 345 g/mol. The molecule has 1 heterocycles. The largest absolute Gasteiger partial charge is 0.488 e. The highest BCUT2D eigenvalue weighted by molar-refractivity contribution is 5.93. The lowest BCUT2D eigenvalue weighted by Crippen LogP contribution is -2.50. The van der Waals surface area contributed by atoms with Crippen molar-refractivity contribution in [1.29, 1.82) is 0 Å². The SMILES string of the molecule is Cc1ocnc1C(=O)N[C@@H]1C[C@@H](Oc2ccccc2)[C@H](O)[C@H]1N(C)C. The predicted octanol–water partition coefficient (Wildman–Crippen LogP) is 1.22. The number of aliphatic hydroxyl groups excluding tert-OH is 1. The summed E-state index contributed by atoms with van der Waals surface area (Å²) in [5.41, 5.74) is 0.263. The number of oxazole rings is 1. The van der Waals surface area contributed by atoms with Crippen LogP contribution in [0.3, 0.4) is 0 Å². The van der Waals surface area contributed by atoms with E-state index in [1.165, 1.54) is 6.39 Å². The Hall–Kier alpha value is -2.38. The number of ether oxygens (including phenoxy) is 1. The van der Waals surface area contributed by atoms with Gasteiger partial charge in [0.15, 0.2) is 12.1 Å². The van der Waals surface area contributed by atoms with Crippen LogP contribution in [0.4, 0.5) is 0 Å². The van der Waals surface area contributed by atoms with E-state index in [9.17, 15) is 9.90 Å². The van der Waals surface area contributed by atoms with Crippen LogP contribution < -0.4 is 10.1 Å². The van der Waals surface area contributed by atoms with Crippen molar-refractivity contribution in [2.75, 3.05) is 14.1 Å². The molecular formula is C18H23N3O4. The van der Waals surface area contributed by atoms with Crippen molar-refractivity contribution >= 4 is 5.91 Å². The molecule has 0 radical (unpaired) electrons. The van der Waals surface area contributed by atoms with Crippen LogP contribution in [0.1, 0.15) is 22.7 Å². The smallest absolute Gasteiger partial charge is 0.273 e. The van der Waals surface area contributed by atoms with E-state index in [1.54, 1.807) is 6.92 Å². The number of para-hydroxylation sites is 1. The molecule has 3 rings (SSSR count). The van der Waals surface area contributed by atoms with Crippen LogP contribution in [0.25, 0.3) is 0 Å². The highest BCUT2D eigenvalue weighted by atomic mass is 16.5. The summed E-state index contributed by atoms with van der Waals surface area (Å²) >= 11 is 0. The van der Waals surface area contributed by atoms with Crippen molar-refractivity contribution < 1.29 is 19.1 Å². The van der Waals surface area contributed by atoms with Gasteiger partial charge in [0, 0.05) is 6.42 Å². The van der Waals surface area contributed by atoms with Gasteiger partial charge in [-0.1, -0.05) is 18.2 Å². The van der Waals surface area contributed by atoms with Gasteiger partial charge in [-0.15, -0.1) is 0 Å². The van der Waals surface area contributed by atoms with Gasteiger partial charge in [0.05, 0.1) is 12.1 Å². The number of aliphatic hydroxyl groups is 1. The van der Waals surface area contributed by atoms with Crippen LogP contribution in [-0.2, 0) is 0 Å². The summed E-state index contributed by atoms with van der Waals surface area (Å²) in [6.45, 7) is 1.69. The van der Waals surface area contributed by atoms with Gasteiger partial charge in [-0.2, -0.15) is 0 Å². The lowest BCUT2D eigenvalue weighted by atomic mass is 10.1. The standard InChI is InChI=1S/C18H23N3O4/c1-11-15(19-10-24-11)18(23)20-13-9-14(17(22)16(13)21(2)3)25-12-7-5-4-6-8-12/h4-8,10,13-14,16-17,22H,9H2,1-3H3,(H,20,23)/t13-,14-,16+,17+/m1/s1. The topological polar surface area (TPSA) is 87.8 Å². The Labute approximate surface area is 146 Å². The molecule has 2 N–H and O–H groups in total. The summed E-state index contributed by atoms with van der Waals surface area (Å²) in [7, 11) is 3.75. The molecule has 25 heavy (non-hydrogen) atoms. The van der Waals surface area contributed by atoms with Gasteiger partial charge in [-0.05, 0) is 33.2 Å². The van der Waals surface area contributed by atoms with Crippen molar-refractivity contribution in [1.82, 2.24) is 15.2 Å². The molecule has 1 saturated carbocycles. The van der Waals surface area contributed by atoms with Gasteiger partial charge in [0.1, 0.15) is 23.7 Å². The summed E-state index contributed by atoms with van der Waals surface area (Å²) in [4.78, 5) is 18.3. The van der Waals surface area contributed by atoms with Crippen molar-refractivity contribution in [3.8, 4) is 5.75 Å². The molecule has 1 aromatic carbocycles. The minimum atomic E-state index is -0.723. The van der Waals surface area contributed by atoms with E-state index < -0.39 is 12.2 Å². The van der Waals surface area contributed by atoms with Gasteiger partial charge >= 0.3 is 0 Å². The first-order valence-electron chi connectivity index (χ1n) is 8.24. The molecule has 1 aromatic heterocycles. The quantitative estimate of drug-likeness (QED) is 0.847. The lowest BCUT2D eigenvalue weighted by Gasteiger charge is -2.29. The number of likely N-dealkylation sites (N-methyl/N-ethyl adjacent to an activating group) is 1. The highest BCUT2D eigenvalue weighted by Crippen LogP contribution is 2.28. The fourth-order valence-corrected chi connectivity index (χ4v) is 3.35. The molecule has 1 aliphatic carbocycles. The average Bonchev–Trinajstić information content (AvgIpc) is 3.12. The number of nitrogens with one attached hydrogen (secondary N) is 1. The monoisotopic (exact) mass is 345 g/mol. The van der Waals surface area contributed by atoms with Crippen molar-refractivity contribution in [3.63, 3.8) is 0 Å². The maximum absolute atomic E-state index is 12.4. The second-order valence-electron chi connectivity index (χ2n) is 6.49. The van der Waals surface area contributed by atoms with Gasteiger partial charge < -0.3 is 24.5 Å². The molecular weight excluding hydrogens is 322 g/mol. The number of benzene rings is 1. The van der Waals surface area contributed by atoms with Gasteiger partial charge in [-0.3, -0.25) is 4.79 Å². The first kappa shape index (κ1) is 17.4. The van der Waals surface area contributed by atoms with E-state index in [0.717, 1.165) is 0 Å². The third kappa shape index (κ3) is 3.67. The second kappa shape index (κ2) is 7.25. The van der Waals surface area contributed by atoms with Gasteiger partial charge in [-0.25, -0.2) is 4.98 Å². The zero-order valence-electron chi connectivity index (χ0n) is 14.5. The molecule has 1 aliphatic rings. The molecule has 0 spiro atoms. The van der Waals surface area contributed by atoms with E-state index in [4.69, 9.17) is 9.15 Å². The number of aromatic nitrogens is 1. The van der Waals surface area contributed by atoms with E-state index in [-0.39, 0.29) is 23.7 Å². The molecule has 0 bridgehead atoms. The maximum atomic E-state index is 12.4. The van der Waals surface area contributed by atoms with E-state index in [1.807, 2.05) is 49.3 Å². The zero-order valence-corrected chi connectivity index (χ0v) is 14.5. The summed E-state index contributed by atoms with van der Waals surface area (Å²) in [6.07, 6.45) is 0.623. The van der Waals surface area contributed by atoms with E-state index in [0.29, 0.717) is 17.9 Å². The minimum absolute atomic E-state index is 0.259. The van der Waals surface area contributed by atoms with Crippen LogP contribution in [0.2, 0.25) is 0 Å². The van der Waals surface area contributed by atoms with Crippen LogP contribution in [0.5, 0.6) is 5.75 Å². The number of aryl methyl sites for hydroxylation is 1. The van der Waals surface area contributed by atoms with Gasteiger partial charge in [0.2, 0.25) is 0 Å². The number of amides is 1. The normalized spacial score (nSPS) is 26.0. The highest BCUT2D eigenvalue weighted by Gasteiger charge is 2.46.